The predicted octanol–water partition coefficient (Wildman–Crippen LogP) is 7.39. The first-order valence-corrected chi connectivity index (χ1v) is 13.6. The SMILES string of the molecule is CC(C)(CO)COc1ccc(-c2ccc3c(c2-c2ccc(OCC(C)(C)CO)cc2)Cc2ccccc2-3)cc1. The Bertz CT molecular complexity index is 1430. The lowest BCUT2D eigenvalue weighted by molar-refractivity contribution is 0.0975. The average molecular weight is 523 g/mol. The molecule has 0 aliphatic heterocycles. The molecule has 0 radical (unpaired) electrons. The van der Waals surface area contributed by atoms with Crippen molar-refractivity contribution in [1.82, 2.24) is 0 Å². The summed E-state index contributed by atoms with van der Waals surface area (Å²) in [7, 11) is 0. The van der Waals surface area contributed by atoms with Gasteiger partial charge >= 0.3 is 0 Å². The standard InChI is InChI=1S/C35H38O4/c1-34(2,20-36)22-38-27-13-9-24(10-14-27)30-17-18-31-29-8-6-5-7-26(29)19-32(31)33(30)25-11-15-28(16-12-25)39-23-35(3,4)21-37/h5-18,36-37H,19-23H2,1-4H3. The highest BCUT2D eigenvalue weighted by atomic mass is 16.5. The van der Waals surface area contributed by atoms with Gasteiger partial charge in [-0.15, -0.1) is 0 Å². The molecule has 0 spiro atoms. The Morgan fingerprint density at radius 3 is 1.67 bits per heavy atom. The van der Waals surface area contributed by atoms with Crippen molar-refractivity contribution in [3.63, 3.8) is 0 Å². The maximum Gasteiger partial charge on any atom is 0.119 e. The number of aliphatic hydroxyl groups excluding tert-OH is 2. The largest absolute Gasteiger partial charge is 0.493 e. The van der Waals surface area contributed by atoms with E-state index in [1.54, 1.807) is 0 Å². The van der Waals surface area contributed by atoms with Crippen LogP contribution in [0.25, 0.3) is 33.4 Å². The molecule has 1 aliphatic rings. The number of hydrogen-bond acceptors (Lipinski definition) is 4. The van der Waals surface area contributed by atoms with Gasteiger partial charge in [-0.2, -0.15) is 0 Å². The van der Waals surface area contributed by atoms with Gasteiger partial charge in [0, 0.05) is 10.8 Å². The van der Waals surface area contributed by atoms with Gasteiger partial charge < -0.3 is 19.7 Å². The van der Waals surface area contributed by atoms with E-state index in [0.29, 0.717) is 13.2 Å². The third-order valence-electron chi connectivity index (χ3n) is 7.41. The Kier molecular flexibility index (Phi) is 7.53. The van der Waals surface area contributed by atoms with Gasteiger partial charge in [-0.25, -0.2) is 0 Å². The third-order valence-corrected chi connectivity index (χ3v) is 7.41. The molecular formula is C35H38O4. The van der Waals surface area contributed by atoms with Crippen LogP contribution < -0.4 is 9.47 Å². The lowest BCUT2D eigenvalue weighted by atomic mass is 9.88. The van der Waals surface area contributed by atoms with Gasteiger partial charge in [-0.1, -0.05) is 88.4 Å². The highest BCUT2D eigenvalue weighted by molar-refractivity contribution is 5.93. The van der Waals surface area contributed by atoms with Gasteiger partial charge in [-0.05, 0) is 75.2 Å². The van der Waals surface area contributed by atoms with E-state index in [4.69, 9.17) is 9.47 Å². The Hall–Kier alpha value is -3.60. The quantitative estimate of drug-likeness (QED) is 0.201. The summed E-state index contributed by atoms with van der Waals surface area (Å²) in [5.74, 6) is 1.59. The van der Waals surface area contributed by atoms with Crippen LogP contribution in [0, 0.1) is 10.8 Å². The van der Waals surface area contributed by atoms with E-state index in [1.165, 1.54) is 33.4 Å². The summed E-state index contributed by atoms with van der Waals surface area (Å²) < 4.78 is 12.0. The summed E-state index contributed by atoms with van der Waals surface area (Å²) in [6.45, 7) is 9.01. The fourth-order valence-electron chi connectivity index (χ4n) is 4.88. The summed E-state index contributed by atoms with van der Waals surface area (Å²) in [6, 6.07) is 29.7. The summed E-state index contributed by atoms with van der Waals surface area (Å²) in [5, 5.41) is 19.1. The van der Waals surface area contributed by atoms with E-state index >= 15 is 0 Å². The zero-order chi connectivity index (χ0) is 27.6. The second kappa shape index (κ2) is 10.9. The van der Waals surface area contributed by atoms with Gasteiger partial charge in [0.1, 0.15) is 11.5 Å². The van der Waals surface area contributed by atoms with E-state index in [0.717, 1.165) is 29.0 Å². The van der Waals surface area contributed by atoms with E-state index in [1.807, 2.05) is 52.0 Å². The van der Waals surface area contributed by atoms with E-state index in [9.17, 15) is 10.2 Å². The molecule has 39 heavy (non-hydrogen) atoms. The lowest BCUT2D eigenvalue weighted by Crippen LogP contribution is -2.25. The van der Waals surface area contributed by atoms with E-state index in [-0.39, 0.29) is 24.0 Å². The van der Waals surface area contributed by atoms with Crippen LogP contribution >= 0.6 is 0 Å². The second-order valence-electron chi connectivity index (χ2n) is 12.1. The maximum atomic E-state index is 9.56. The van der Waals surface area contributed by atoms with Crippen LogP contribution in [0.4, 0.5) is 0 Å². The zero-order valence-electron chi connectivity index (χ0n) is 23.3. The van der Waals surface area contributed by atoms with Gasteiger partial charge in [0.2, 0.25) is 0 Å². The molecule has 0 saturated carbocycles. The Morgan fingerprint density at radius 2 is 1.10 bits per heavy atom. The molecule has 4 heteroatoms. The van der Waals surface area contributed by atoms with Crippen LogP contribution in [0.5, 0.6) is 11.5 Å². The normalized spacial score (nSPS) is 12.7. The molecule has 1 aliphatic carbocycles. The first-order valence-electron chi connectivity index (χ1n) is 13.6. The molecule has 0 unspecified atom stereocenters. The van der Waals surface area contributed by atoms with E-state index in [2.05, 4.69) is 60.7 Å². The predicted molar refractivity (Wildman–Crippen MR) is 158 cm³/mol. The fraction of sp³-hybridized carbons (Fsp3) is 0.314. The monoisotopic (exact) mass is 522 g/mol. The molecule has 0 fully saturated rings. The Balaban J connectivity index is 1.50. The zero-order valence-corrected chi connectivity index (χ0v) is 23.3. The van der Waals surface area contributed by atoms with Crippen molar-refractivity contribution in [2.45, 2.75) is 34.1 Å². The minimum atomic E-state index is -0.290. The fourth-order valence-corrected chi connectivity index (χ4v) is 4.88. The van der Waals surface area contributed by atoms with Crippen LogP contribution in [0.1, 0.15) is 38.8 Å². The number of benzene rings is 4. The summed E-state index contributed by atoms with van der Waals surface area (Å²) in [4.78, 5) is 0. The first-order chi connectivity index (χ1) is 18.7. The van der Waals surface area contributed by atoms with Crippen molar-refractivity contribution in [1.29, 1.82) is 0 Å². The lowest BCUT2D eigenvalue weighted by Gasteiger charge is -2.22. The number of aliphatic hydroxyl groups is 2. The molecule has 2 N–H and O–H groups in total. The number of rotatable bonds is 10. The maximum absolute atomic E-state index is 9.56. The van der Waals surface area contributed by atoms with Crippen LogP contribution in [-0.2, 0) is 6.42 Å². The molecule has 0 saturated heterocycles. The molecule has 4 nitrogen and oxygen atoms in total. The van der Waals surface area contributed by atoms with Crippen molar-refractivity contribution in [2.75, 3.05) is 26.4 Å². The molecule has 5 rings (SSSR count). The van der Waals surface area contributed by atoms with Gasteiger partial charge in [0.15, 0.2) is 0 Å². The smallest absolute Gasteiger partial charge is 0.119 e. The molecular weight excluding hydrogens is 484 g/mol. The first kappa shape index (κ1) is 27.0. The van der Waals surface area contributed by atoms with Gasteiger partial charge in [0.25, 0.3) is 0 Å². The summed E-state index contributed by atoms with van der Waals surface area (Å²) >= 11 is 0. The number of hydrogen-bond donors (Lipinski definition) is 2. The molecule has 0 atom stereocenters. The van der Waals surface area contributed by atoms with E-state index < -0.39 is 0 Å². The molecule has 4 aromatic carbocycles. The molecule has 0 aromatic heterocycles. The van der Waals surface area contributed by atoms with Crippen LogP contribution in [0.15, 0.2) is 84.9 Å². The molecule has 0 bridgehead atoms. The van der Waals surface area contributed by atoms with Crippen LogP contribution in [0.3, 0.4) is 0 Å². The Morgan fingerprint density at radius 1 is 0.590 bits per heavy atom. The third kappa shape index (κ3) is 5.88. The minimum absolute atomic E-state index is 0.0776. The number of ether oxygens (including phenoxy) is 2. The van der Waals surface area contributed by atoms with Crippen molar-refractivity contribution in [3.05, 3.63) is 96.1 Å². The Labute approximate surface area is 231 Å². The van der Waals surface area contributed by atoms with Crippen molar-refractivity contribution < 1.29 is 19.7 Å². The van der Waals surface area contributed by atoms with Crippen molar-refractivity contribution in [2.24, 2.45) is 10.8 Å². The molecule has 0 heterocycles. The molecule has 4 aromatic rings. The highest BCUT2D eigenvalue weighted by Gasteiger charge is 2.25. The number of fused-ring (bicyclic) bond motifs is 3. The van der Waals surface area contributed by atoms with Crippen LogP contribution in [-0.4, -0.2) is 36.6 Å². The van der Waals surface area contributed by atoms with Crippen molar-refractivity contribution >= 4 is 0 Å². The topological polar surface area (TPSA) is 58.9 Å². The summed E-state index contributed by atoms with van der Waals surface area (Å²) in [6.07, 6.45) is 0.898. The summed E-state index contributed by atoms with van der Waals surface area (Å²) in [5.41, 5.74) is 9.41. The molecule has 202 valence electrons. The van der Waals surface area contributed by atoms with Crippen molar-refractivity contribution in [3.8, 4) is 44.9 Å². The average Bonchev–Trinajstić information content (AvgIpc) is 3.34. The second-order valence-corrected chi connectivity index (χ2v) is 12.1. The minimum Gasteiger partial charge on any atom is -0.493 e. The van der Waals surface area contributed by atoms with Gasteiger partial charge in [-0.3, -0.25) is 0 Å². The highest BCUT2D eigenvalue weighted by Crippen LogP contribution is 2.46. The molecule has 0 amide bonds. The van der Waals surface area contributed by atoms with Gasteiger partial charge in [0.05, 0.1) is 26.4 Å². The van der Waals surface area contributed by atoms with Crippen LogP contribution in [0.2, 0.25) is 0 Å².